The number of amides is 2. The van der Waals surface area contributed by atoms with E-state index in [4.69, 9.17) is 19.9 Å². The Morgan fingerprint density at radius 1 is 1.08 bits per heavy atom. The van der Waals surface area contributed by atoms with E-state index in [1.54, 1.807) is 24.3 Å². The zero-order chi connectivity index (χ0) is 17.6. The average Bonchev–Trinajstić information content (AvgIpc) is 3.07. The van der Waals surface area contributed by atoms with Crippen LogP contribution in [0.15, 0.2) is 42.5 Å². The maximum atomic E-state index is 12.1. The molecule has 0 spiro atoms. The van der Waals surface area contributed by atoms with E-state index in [1.807, 2.05) is 18.2 Å². The minimum absolute atomic E-state index is 0.0940. The number of hydrogen-bond donors (Lipinski definition) is 2. The number of nitrogens with two attached hydrogens (primary N) is 1. The molecule has 2 amide bonds. The van der Waals surface area contributed by atoms with E-state index in [9.17, 15) is 9.59 Å². The summed E-state index contributed by atoms with van der Waals surface area (Å²) in [6.07, 6.45) is 0.946. The molecule has 1 aliphatic rings. The molecular formula is C18H18N2O5. The standard InChI is InChI=1S/C18H18N2O5/c19-17(21)10-23-14-5-3-13(4-6-14)20-18(22)8-2-12-1-7-15-16(9-12)25-11-24-15/h1,3-7,9H,2,8,10-11H2,(H2,19,21)(H,20,22). The van der Waals surface area contributed by atoms with Crippen LogP contribution in [0.1, 0.15) is 12.0 Å². The van der Waals surface area contributed by atoms with Gasteiger partial charge in [0.05, 0.1) is 0 Å². The molecule has 0 unspecified atom stereocenters. The van der Waals surface area contributed by atoms with Crippen molar-refractivity contribution in [1.82, 2.24) is 0 Å². The van der Waals surface area contributed by atoms with Gasteiger partial charge < -0.3 is 25.3 Å². The van der Waals surface area contributed by atoms with Crippen LogP contribution in [0, 0.1) is 0 Å². The van der Waals surface area contributed by atoms with Crippen LogP contribution in [-0.2, 0) is 16.0 Å². The van der Waals surface area contributed by atoms with Gasteiger partial charge in [-0.2, -0.15) is 0 Å². The lowest BCUT2D eigenvalue weighted by Crippen LogP contribution is -2.20. The van der Waals surface area contributed by atoms with Crippen molar-refractivity contribution in [2.75, 3.05) is 18.7 Å². The van der Waals surface area contributed by atoms with Crippen molar-refractivity contribution < 1.29 is 23.8 Å². The van der Waals surface area contributed by atoms with Crippen molar-refractivity contribution in [1.29, 1.82) is 0 Å². The molecule has 25 heavy (non-hydrogen) atoms. The summed E-state index contributed by atoms with van der Waals surface area (Å²) < 4.78 is 15.7. The highest BCUT2D eigenvalue weighted by atomic mass is 16.7. The SMILES string of the molecule is NC(=O)COc1ccc(NC(=O)CCc2ccc3c(c2)OCO3)cc1. The molecule has 0 atom stereocenters. The summed E-state index contributed by atoms with van der Waals surface area (Å²) in [6, 6.07) is 12.4. The maximum absolute atomic E-state index is 12.1. The number of carbonyl (C=O) groups excluding carboxylic acids is 2. The normalized spacial score (nSPS) is 11.8. The number of rotatable bonds is 7. The molecule has 1 heterocycles. The van der Waals surface area contributed by atoms with E-state index in [0.29, 0.717) is 30.0 Å². The third kappa shape index (κ3) is 4.63. The van der Waals surface area contributed by atoms with Gasteiger partial charge in [0.2, 0.25) is 12.7 Å². The minimum atomic E-state index is -0.541. The Morgan fingerprint density at radius 2 is 1.84 bits per heavy atom. The van der Waals surface area contributed by atoms with Gasteiger partial charge in [0, 0.05) is 12.1 Å². The fraction of sp³-hybridized carbons (Fsp3) is 0.222. The van der Waals surface area contributed by atoms with Crippen LogP contribution in [0.3, 0.4) is 0 Å². The fourth-order valence-electron chi connectivity index (χ4n) is 2.37. The van der Waals surface area contributed by atoms with Crippen molar-refractivity contribution in [3.63, 3.8) is 0 Å². The van der Waals surface area contributed by atoms with E-state index in [0.717, 1.165) is 11.3 Å². The van der Waals surface area contributed by atoms with Crippen LogP contribution < -0.4 is 25.3 Å². The Kier molecular flexibility index (Phi) is 5.03. The molecule has 0 saturated carbocycles. The smallest absolute Gasteiger partial charge is 0.255 e. The molecule has 0 fully saturated rings. The van der Waals surface area contributed by atoms with E-state index >= 15 is 0 Å². The topological polar surface area (TPSA) is 99.9 Å². The molecule has 0 bridgehead atoms. The first-order valence-electron chi connectivity index (χ1n) is 7.80. The largest absolute Gasteiger partial charge is 0.484 e. The Balaban J connectivity index is 1.48. The molecule has 0 saturated heterocycles. The summed E-state index contributed by atoms with van der Waals surface area (Å²) in [5, 5.41) is 2.81. The van der Waals surface area contributed by atoms with Gasteiger partial charge in [-0.1, -0.05) is 6.07 Å². The second-order valence-electron chi connectivity index (χ2n) is 5.52. The van der Waals surface area contributed by atoms with Crippen molar-refractivity contribution in [2.45, 2.75) is 12.8 Å². The van der Waals surface area contributed by atoms with E-state index in [1.165, 1.54) is 0 Å². The van der Waals surface area contributed by atoms with Crippen LogP contribution in [0.25, 0.3) is 0 Å². The molecule has 3 rings (SSSR count). The summed E-state index contributed by atoms with van der Waals surface area (Å²) in [4.78, 5) is 22.7. The monoisotopic (exact) mass is 342 g/mol. The summed E-state index contributed by atoms with van der Waals surface area (Å²) in [5.74, 6) is 1.32. The highest BCUT2D eigenvalue weighted by Gasteiger charge is 2.13. The molecule has 2 aromatic carbocycles. The number of fused-ring (bicyclic) bond motifs is 1. The second-order valence-corrected chi connectivity index (χ2v) is 5.52. The Morgan fingerprint density at radius 3 is 2.60 bits per heavy atom. The van der Waals surface area contributed by atoms with Crippen molar-refractivity contribution in [3.05, 3.63) is 48.0 Å². The second kappa shape index (κ2) is 7.57. The first-order chi connectivity index (χ1) is 12.1. The molecule has 2 aromatic rings. The molecule has 7 nitrogen and oxygen atoms in total. The number of hydrogen-bond acceptors (Lipinski definition) is 5. The van der Waals surface area contributed by atoms with E-state index in [2.05, 4.69) is 5.32 Å². The van der Waals surface area contributed by atoms with Gasteiger partial charge in [0.1, 0.15) is 5.75 Å². The van der Waals surface area contributed by atoms with Crippen molar-refractivity contribution in [3.8, 4) is 17.2 Å². The third-order valence-electron chi connectivity index (χ3n) is 3.60. The predicted octanol–water partition coefficient (Wildman–Crippen LogP) is 1.85. The molecule has 0 radical (unpaired) electrons. The highest BCUT2D eigenvalue weighted by molar-refractivity contribution is 5.90. The zero-order valence-corrected chi connectivity index (χ0v) is 13.5. The summed E-state index contributed by atoms with van der Waals surface area (Å²) in [6.45, 7) is 0.0552. The quantitative estimate of drug-likeness (QED) is 0.800. The molecular weight excluding hydrogens is 324 g/mol. The van der Waals surface area contributed by atoms with E-state index in [-0.39, 0.29) is 19.3 Å². The molecule has 130 valence electrons. The summed E-state index contributed by atoms with van der Waals surface area (Å²) >= 11 is 0. The first-order valence-corrected chi connectivity index (χ1v) is 7.80. The van der Waals surface area contributed by atoms with Crippen LogP contribution in [0.2, 0.25) is 0 Å². The van der Waals surface area contributed by atoms with Crippen LogP contribution >= 0.6 is 0 Å². The number of carbonyl (C=O) groups is 2. The van der Waals surface area contributed by atoms with Crippen molar-refractivity contribution in [2.24, 2.45) is 5.73 Å². The molecule has 3 N–H and O–H groups in total. The van der Waals surface area contributed by atoms with Gasteiger partial charge in [0.25, 0.3) is 5.91 Å². The molecule has 1 aliphatic heterocycles. The Hall–Kier alpha value is -3.22. The lowest BCUT2D eigenvalue weighted by Gasteiger charge is -2.08. The Labute approximate surface area is 144 Å². The molecule has 0 aromatic heterocycles. The zero-order valence-electron chi connectivity index (χ0n) is 13.5. The number of nitrogens with one attached hydrogen (secondary N) is 1. The van der Waals surface area contributed by atoms with Gasteiger partial charge in [0.15, 0.2) is 18.1 Å². The number of primary amides is 1. The Bertz CT molecular complexity index is 774. The van der Waals surface area contributed by atoms with Gasteiger partial charge in [-0.05, 0) is 48.4 Å². The lowest BCUT2D eigenvalue weighted by molar-refractivity contribution is -0.120. The minimum Gasteiger partial charge on any atom is -0.484 e. The number of ether oxygens (including phenoxy) is 3. The highest BCUT2D eigenvalue weighted by Crippen LogP contribution is 2.32. The van der Waals surface area contributed by atoms with Gasteiger partial charge >= 0.3 is 0 Å². The van der Waals surface area contributed by atoms with Crippen LogP contribution in [0.4, 0.5) is 5.69 Å². The average molecular weight is 342 g/mol. The van der Waals surface area contributed by atoms with Gasteiger partial charge in [-0.15, -0.1) is 0 Å². The summed E-state index contributed by atoms with van der Waals surface area (Å²) in [5.41, 5.74) is 6.68. The number of aryl methyl sites for hydroxylation is 1. The first kappa shape index (κ1) is 16.6. The maximum Gasteiger partial charge on any atom is 0.255 e. The van der Waals surface area contributed by atoms with Gasteiger partial charge in [-0.3, -0.25) is 9.59 Å². The number of benzene rings is 2. The summed E-state index contributed by atoms with van der Waals surface area (Å²) in [7, 11) is 0. The lowest BCUT2D eigenvalue weighted by atomic mass is 10.1. The molecule has 7 heteroatoms. The van der Waals surface area contributed by atoms with E-state index < -0.39 is 5.91 Å². The van der Waals surface area contributed by atoms with Gasteiger partial charge in [-0.25, -0.2) is 0 Å². The third-order valence-corrected chi connectivity index (χ3v) is 3.60. The van der Waals surface area contributed by atoms with Crippen LogP contribution in [-0.4, -0.2) is 25.2 Å². The molecule has 0 aliphatic carbocycles. The predicted molar refractivity (Wildman–Crippen MR) is 90.6 cm³/mol. The van der Waals surface area contributed by atoms with Crippen molar-refractivity contribution >= 4 is 17.5 Å². The number of anilines is 1. The van der Waals surface area contributed by atoms with Crippen LogP contribution in [0.5, 0.6) is 17.2 Å². The fourth-order valence-corrected chi connectivity index (χ4v) is 2.37.